The Bertz CT molecular complexity index is 688. The van der Waals surface area contributed by atoms with Crippen molar-refractivity contribution in [2.24, 2.45) is 7.05 Å². The minimum atomic E-state index is -1.10. The number of carboxylic acid groups (broad SMARTS) is 1. The molecule has 1 heterocycles. The van der Waals surface area contributed by atoms with Gasteiger partial charge in [-0.3, -0.25) is 4.79 Å². The third kappa shape index (κ3) is 1.67. The summed E-state index contributed by atoms with van der Waals surface area (Å²) < 4.78 is 2.23. The van der Waals surface area contributed by atoms with Crippen molar-refractivity contribution in [2.45, 2.75) is 6.92 Å². The van der Waals surface area contributed by atoms with Crippen molar-refractivity contribution < 1.29 is 9.90 Å². The third-order valence-corrected chi connectivity index (χ3v) is 3.44. The van der Waals surface area contributed by atoms with E-state index < -0.39 is 5.97 Å². The van der Waals surface area contributed by atoms with Crippen molar-refractivity contribution in [3.8, 4) is 0 Å². The zero-order chi connectivity index (χ0) is 12.7. The Morgan fingerprint density at radius 1 is 1.41 bits per heavy atom. The van der Waals surface area contributed by atoms with Crippen LogP contribution < -0.4 is 5.43 Å². The first-order chi connectivity index (χ1) is 7.95. The zero-order valence-corrected chi connectivity index (χ0v) is 10.9. The van der Waals surface area contributed by atoms with E-state index >= 15 is 0 Å². The molecule has 0 fully saturated rings. The van der Waals surface area contributed by atoms with Crippen LogP contribution in [0, 0.1) is 6.92 Å². The van der Waals surface area contributed by atoms with Crippen LogP contribution in [-0.4, -0.2) is 15.6 Å². The maximum absolute atomic E-state index is 12.1. The zero-order valence-electron chi connectivity index (χ0n) is 9.32. The van der Waals surface area contributed by atoms with Crippen molar-refractivity contribution >= 4 is 32.8 Å². The number of hydrogen-bond acceptors (Lipinski definition) is 2. The van der Waals surface area contributed by atoms with Crippen LogP contribution in [0.25, 0.3) is 10.9 Å². The number of aryl methyl sites for hydroxylation is 1. The van der Waals surface area contributed by atoms with E-state index in [4.69, 9.17) is 5.11 Å². The lowest BCUT2D eigenvalue weighted by Gasteiger charge is -2.13. The smallest absolute Gasteiger partial charge is 0.352 e. The first-order valence-corrected chi connectivity index (χ1v) is 5.75. The molecule has 0 atom stereocenters. The molecule has 0 unspecified atom stereocenters. The molecular formula is C12H10BrNO3. The highest BCUT2D eigenvalue weighted by Crippen LogP contribution is 2.23. The van der Waals surface area contributed by atoms with Crippen molar-refractivity contribution in [2.75, 3.05) is 0 Å². The van der Waals surface area contributed by atoms with E-state index in [1.54, 1.807) is 25.2 Å². The molecule has 0 aliphatic rings. The molecule has 17 heavy (non-hydrogen) atoms. The lowest BCUT2D eigenvalue weighted by Crippen LogP contribution is -2.20. The first kappa shape index (κ1) is 11.9. The number of aromatic nitrogens is 1. The summed E-state index contributed by atoms with van der Waals surface area (Å²) >= 11 is 3.34. The van der Waals surface area contributed by atoms with Crippen LogP contribution in [0.3, 0.4) is 0 Å². The van der Waals surface area contributed by atoms with Gasteiger partial charge in [-0.25, -0.2) is 4.79 Å². The fourth-order valence-corrected chi connectivity index (χ4v) is 2.65. The first-order valence-electron chi connectivity index (χ1n) is 4.96. The standard InChI is InChI=1S/C12H10BrNO3/c1-6-9(12(16)17)14(2)10-7(11(6)15)4-3-5-8(10)13/h3-5H,1-2H3,(H,16,17). The van der Waals surface area contributed by atoms with Crippen LogP contribution in [0.2, 0.25) is 0 Å². The predicted molar refractivity (Wildman–Crippen MR) is 68.6 cm³/mol. The SMILES string of the molecule is Cc1c(C(=O)O)n(C)c2c(Br)cccc2c1=O. The molecule has 0 spiro atoms. The average molecular weight is 296 g/mol. The molecule has 1 N–H and O–H groups in total. The Morgan fingerprint density at radius 3 is 2.65 bits per heavy atom. The highest BCUT2D eigenvalue weighted by atomic mass is 79.9. The number of pyridine rings is 1. The molecule has 0 saturated carbocycles. The van der Waals surface area contributed by atoms with E-state index in [0.717, 1.165) is 0 Å². The van der Waals surface area contributed by atoms with Crippen molar-refractivity contribution in [1.82, 2.24) is 4.57 Å². The number of nitrogens with zero attached hydrogens (tertiary/aromatic N) is 1. The van der Waals surface area contributed by atoms with Gasteiger partial charge in [0.2, 0.25) is 0 Å². The quantitative estimate of drug-likeness (QED) is 0.878. The Labute approximate surface area is 106 Å². The number of para-hydroxylation sites is 1. The minimum absolute atomic E-state index is 0.0226. The average Bonchev–Trinajstić information content (AvgIpc) is 2.25. The van der Waals surface area contributed by atoms with E-state index in [1.807, 2.05) is 0 Å². The van der Waals surface area contributed by atoms with Crippen LogP contribution in [0.1, 0.15) is 16.1 Å². The second kappa shape index (κ2) is 4.00. The number of rotatable bonds is 1. The van der Waals surface area contributed by atoms with Gasteiger partial charge in [-0.1, -0.05) is 6.07 Å². The number of hydrogen-bond donors (Lipinski definition) is 1. The van der Waals surface area contributed by atoms with Crippen LogP contribution in [-0.2, 0) is 7.05 Å². The molecule has 1 aromatic carbocycles. The van der Waals surface area contributed by atoms with Gasteiger partial charge < -0.3 is 9.67 Å². The molecule has 2 aromatic rings. The molecule has 0 amide bonds. The van der Waals surface area contributed by atoms with E-state index in [9.17, 15) is 9.59 Å². The number of halogens is 1. The molecule has 1 aromatic heterocycles. The monoisotopic (exact) mass is 295 g/mol. The van der Waals surface area contributed by atoms with Crippen LogP contribution in [0.4, 0.5) is 0 Å². The van der Waals surface area contributed by atoms with Crippen molar-refractivity contribution in [3.63, 3.8) is 0 Å². The Kier molecular flexibility index (Phi) is 2.79. The number of benzene rings is 1. The molecule has 5 heteroatoms. The maximum Gasteiger partial charge on any atom is 0.352 e. The highest BCUT2D eigenvalue weighted by Gasteiger charge is 2.18. The molecule has 4 nitrogen and oxygen atoms in total. The summed E-state index contributed by atoms with van der Waals surface area (Å²) in [5.41, 5.74) is 0.636. The van der Waals surface area contributed by atoms with Gasteiger partial charge in [0.25, 0.3) is 0 Å². The summed E-state index contributed by atoms with van der Waals surface area (Å²) in [5, 5.41) is 9.66. The van der Waals surface area contributed by atoms with Gasteiger partial charge in [0.05, 0.1) is 5.52 Å². The molecule has 88 valence electrons. The van der Waals surface area contributed by atoms with E-state index in [2.05, 4.69) is 15.9 Å². The molecule has 2 rings (SSSR count). The Balaban J connectivity index is 3.13. The van der Waals surface area contributed by atoms with E-state index in [-0.39, 0.29) is 16.7 Å². The topological polar surface area (TPSA) is 59.3 Å². The Morgan fingerprint density at radius 2 is 2.06 bits per heavy atom. The molecule has 0 aliphatic heterocycles. The van der Waals surface area contributed by atoms with Crippen molar-refractivity contribution in [1.29, 1.82) is 0 Å². The minimum Gasteiger partial charge on any atom is -0.477 e. The Hall–Kier alpha value is -1.62. The highest BCUT2D eigenvalue weighted by molar-refractivity contribution is 9.10. The molecule has 0 saturated heterocycles. The summed E-state index contributed by atoms with van der Waals surface area (Å²) in [6.07, 6.45) is 0. The fourth-order valence-electron chi connectivity index (χ4n) is 2.02. The van der Waals surface area contributed by atoms with Gasteiger partial charge in [0.15, 0.2) is 5.43 Å². The van der Waals surface area contributed by atoms with Gasteiger partial charge in [0.1, 0.15) is 5.69 Å². The number of aromatic carboxylic acids is 1. The molecule has 0 bridgehead atoms. The van der Waals surface area contributed by atoms with E-state index in [1.165, 1.54) is 11.5 Å². The van der Waals surface area contributed by atoms with E-state index in [0.29, 0.717) is 15.4 Å². The van der Waals surface area contributed by atoms with Crippen LogP contribution in [0.15, 0.2) is 27.5 Å². The van der Waals surface area contributed by atoms with Gasteiger partial charge in [-0.2, -0.15) is 0 Å². The lowest BCUT2D eigenvalue weighted by molar-refractivity contribution is 0.0685. The number of carboxylic acids is 1. The lowest BCUT2D eigenvalue weighted by atomic mass is 10.1. The number of carbonyl (C=O) groups is 1. The maximum atomic E-state index is 12.1. The van der Waals surface area contributed by atoms with Crippen LogP contribution >= 0.6 is 15.9 Å². The summed E-state index contributed by atoms with van der Waals surface area (Å²) in [6.45, 7) is 1.53. The second-order valence-corrected chi connectivity index (χ2v) is 4.66. The number of fused-ring (bicyclic) bond motifs is 1. The summed E-state index contributed by atoms with van der Waals surface area (Å²) in [6, 6.07) is 5.23. The summed E-state index contributed by atoms with van der Waals surface area (Å²) in [7, 11) is 1.64. The molecule has 0 aliphatic carbocycles. The molecular weight excluding hydrogens is 286 g/mol. The molecule has 0 radical (unpaired) electrons. The normalized spacial score (nSPS) is 10.8. The fraction of sp³-hybridized carbons (Fsp3) is 0.167. The predicted octanol–water partition coefficient (Wildman–Crippen LogP) is 2.31. The third-order valence-electron chi connectivity index (χ3n) is 2.80. The second-order valence-electron chi connectivity index (χ2n) is 3.80. The van der Waals surface area contributed by atoms with Crippen LogP contribution in [0.5, 0.6) is 0 Å². The van der Waals surface area contributed by atoms with Crippen molar-refractivity contribution in [3.05, 3.63) is 44.2 Å². The van der Waals surface area contributed by atoms with Gasteiger partial charge in [0, 0.05) is 22.5 Å². The van der Waals surface area contributed by atoms with Gasteiger partial charge >= 0.3 is 5.97 Å². The largest absolute Gasteiger partial charge is 0.477 e. The summed E-state index contributed by atoms with van der Waals surface area (Å²) in [4.78, 5) is 23.2. The van der Waals surface area contributed by atoms with Gasteiger partial charge in [-0.15, -0.1) is 0 Å². The summed E-state index contributed by atoms with van der Waals surface area (Å²) in [5.74, 6) is -1.10. The van der Waals surface area contributed by atoms with Gasteiger partial charge in [-0.05, 0) is 35.0 Å².